The highest BCUT2D eigenvalue weighted by molar-refractivity contribution is 6.05. The maximum Gasteiger partial charge on any atom is 0.264 e. The van der Waals surface area contributed by atoms with E-state index in [2.05, 4.69) is 17.1 Å². The molecule has 1 aromatic carbocycles. The normalized spacial score (nSPS) is 17.3. The van der Waals surface area contributed by atoms with E-state index in [0.717, 1.165) is 17.0 Å². The van der Waals surface area contributed by atoms with Crippen molar-refractivity contribution >= 4 is 11.6 Å². The number of benzene rings is 1. The van der Waals surface area contributed by atoms with E-state index >= 15 is 0 Å². The van der Waals surface area contributed by atoms with Gasteiger partial charge in [0.2, 0.25) is 6.10 Å². The summed E-state index contributed by atoms with van der Waals surface area (Å²) >= 11 is 0. The predicted molar refractivity (Wildman–Crippen MR) is 72.2 cm³/mol. The number of hydrogen-bond acceptors (Lipinski definition) is 4. The Labute approximate surface area is 111 Å². The summed E-state index contributed by atoms with van der Waals surface area (Å²) in [6.45, 7) is 3.96. The Morgan fingerprint density at radius 2 is 2.42 bits per heavy atom. The first-order chi connectivity index (χ1) is 9.26. The second kappa shape index (κ2) is 6.04. The molecular formula is C14H16N2O3. The Kier molecular flexibility index (Phi) is 4.18. The Hall–Kier alpha value is -2.30. The van der Waals surface area contributed by atoms with Crippen LogP contribution in [0.3, 0.4) is 0 Å². The van der Waals surface area contributed by atoms with Crippen molar-refractivity contribution in [3.63, 3.8) is 0 Å². The highest BCUT2D eigenvalue weighted by Gasteiger charge is 2.29. The molecular weight excluding hydrogens is 244 g/mol. The average molecular weight is 260 g/mol. The quantitative estimate of drug-likeness (QED) is 0.816. The SMILES string of the molecule is C=CCNC(=O)C1CC(c2ccccc2OC)=NO1. The molecule has 1 aliphatic rings. The average Bonchev–Trinajstić information content (AvgIpc) is 2.94. The Morgan fingerprint density at radius 3 is 3.16 bits per heavy atom. The van der Waals surface area contributed by atoms with Crippen LogP contribution in [0.5, 0.6) is 5.75 Å². The Bertz CT molecular complexity index is 511. The molecule has 0 saturated heterocycles. The van der Waals surface area contributed by atoms with Gasteiger partial charge in [-0.2, -0.15) is 0 Å². The number of amides is 1. The first-order valence-electron chi connectivity index (χ1n) is 6.01. The second-order valence-electron chi connectivity index (χ2n) is 4.07. The molecule has 5 heteroatoms. The van der Waals surface area contributed by atoms with Crippen molar-refractivity contribution in [2.24, 2.45) is 5.16 Å². The fraction of sp³-hybridized carbons (Fsp3) is 0.286. The second-order valence-corrected chi connectivity index (χ2v) is 4.07. The molecule has 0 saturated carbocycles. The molecule has 1 amide bonds. The van der Waals surface area contributed by atoms with Crippen LogP contribution in [-0.2, 0) is 9.63 Å². The number of nitrogens with zero attached hydrogens (tertiary/aromatic N) is 1. The third-order valence-corrected chi connectivity index (χ3v) is 2.80. The van der Waals surface area contributed by atoms with Crippen LogP contribution in [0.25, 0.3) is 0 Å². The van der Waals surface area contributed by atoms with Crippen molar-refractivity contribution in [2.45, 2.75) is 12.5 Å². The summed E-state index contributed by atoms with van der Waals surface area (Å²) in [6, 6.07) is 7.52. The molecule has 100 valence electrons. The van der Waals surface area contributed by atoms with Gasteiger partial charge in [-0.25, -0.2) is 0 Å². The molecule has 5 nitrogen and oxygen atoms in total. The number of rotatable bonds is 5. The topological polar surface area (TPSA) is 59.9 Å². The fourth-order valence-electron chi connectivity index (χ4n) is 1.85. The summed E-state index contributed by atoms with van der Waals surface area (Å²) in [5.74, 6) is 0.533. The Morgan fingerprint density at radius 1 is 1.63 bits per heavy atom. The monoisotopic (exact) mass is 260 g/mol. The number of nitrogens with one attached hydrogen (secondary N) is 1. The minimum absolute atomic E-state index is 0.187. The maximum atomic E-state index is 11.7. The number of methoxy groups -OCH3 is 1. The van der Waals surface area contributed by atoms with Crippen LogP contribution in [0, 0.1) is 0 Å². The van der Waals surface area contributed by atoms with Crippen molar-refractivity contribution < 1.29 is 14.4 Å². The predicted octanol–water partition coefficient (Wildman–Crippen LogP) is 1.49. The van der Waals surface area contributed by atoms with E-state index in [0.29, 0.717) is 13.0 Å². The van der Waals surface area contributed by atoms with Crippen molar-refractivity contribution in [1.29, 1.82) is 0 Å². The molecule has 1 atom stereocenters. The summed E-state index contributed by atoms with van der Waals surface area (Å²) in [6.07, 6.45) is 1.47. The third kappa shape index (κ3) is 2.93. The standard InChI is InChI=1S/C14H16N2O3/c1-3-8-15-14(17)13-9-11(16-19-13)10-6-4-5-7-12(10)18-2/h3-7,13H,1,8-9H2,2H3,(H,15,17). The van der Waals surface area contributed by atoms with Gasteiger partial charge in [-0.15, -0.1) is 6.58 Å². The van der Waals surface area contributed by atoms with Crippen molar-refractivity contribution in [1.82, 2.24) is 5.32 Å². The summed E-state index contributed by atoms with van der Waals surface area (Å²) in [7, 11) is 1.60. The van der Waals surface area contributed by atoms with Crippen LogP contribution in [-0.4, -0.2) is 31.4 Å². The van der Waals surface area contributed by atoms with Crippen LogP contribution in [0.2, 0.25) is 0 Å². The number of carbonyl (C=O) groups excluding carboxylic acids is 1. The van der Waals surface area contributed by atoms with Crippen LogP contribution < -0.4 is 10.1 Å². The molecule has 19 heavy (non-hydrogen) atoms. The van der Waals surface area contributed by atoms with E-state index in [9.17, 15) is 4.79 Å². The van der Waals surface area contributed by atoms with Gasteiger partial charge in [-0.3, -0.25) is 4.79 Å². The van der Waals surface area contributed by atoms with Gasteiger partial charge < -0.3 is 14.9 Å². The van der Waals surface area contributed by atoms with Gasteiger partial charge in [0, 0.05) is 18.5 Å². The molecule has 0 bridgehead atoms. The van der Waals surface area contributed by atoms with E-state index < -0.39 is 6.10 Å². The summed E-state index contributed by atoms with van der Waals surface area (Å²) in [4.78, 5) is 16.9. The molecule has 1 N–H and O–H groups in total. The first kappa shape index (κ1) is 13.1. The van der Waals surface area contributed by atoms with Gasteiger partial charge in [0.05, 0.1) is 12.8 Å². The fourth-order valence-corrected chi connectivity index (χ4v) is 1.85. The number of hydrogen-bond donors (Lipinski definition) is 1. The molecule has 1 aliphatic heterocycles. The molecule has 2 rings (SSSR count). The first-order valence-corrected chi connectivity index (χ1v) is 6.01. The van der Waals surface area contributed by atoms with Crippen molar-refractivity contribution in [3.8, 4) is 5.75 Å². The largest absolute Gasteiger partial charge is 0.496 e. The lowest BCUT2D eigenvalue weighted by atomic mass is 10.0. The summed E-state index contributed by atoms with van der Waals surface area (Å²) in [5, 5.41) is 6.66. The highest BCUT2D eigenvalue weighted by Crippen LogP contribution is 2.24. The number of ether oxygens (including phenoxy) is 1. The molecule has 1 unspecified atom stereocenters. The zero-order chi connectivity index (χ0) is 13.7. The molecule has 0 fully saturated rings. The van der Waals surface area contributed by atoms with Gasteiger partial charge in [0.1, 0.15) is 5.75 Å². The molecule has 0 radical (unpaired) electrons. The lowest BCUT2D eigenvalue weighted by Gasteiger charge is -2.08. The molecule has 0 spiro atoms. The van der Waals surface area contributed by atoms with E-state index in [1.165, 1.54) is 0 Å². The zero-order valence-corrected chi connectivity index (χ0v) is 10.8. The lowest BCUT2D eigenvalue weighted by Crippen LogP contribution is -2.34. The van der Waals surface area contributed by atoms with E-state index in [1.54, 1.807) is 13.2 Å². The van der Waals surface area contributed by atoms with E-state index in [1.807, 2.05) is 24.3 Å². The molecule has 1 heterocycles. The summed E-state index contributed by atoms with van der Waals surface area (Å²) in [5.41, 5.74) is 1.57. The van der Waals surface area contributed by atoms with Crippen LogP contribution in [0.15, 0.2) is 42.1 Å². The molecule has 1 aromatic rings. The van der Waals surface area contributed by atoms with Gasteiger partial charge in [-0.05, 0) is 12.1 Å². The number of para-hydroxylation sites is 1. The van der Waals surface area contributed by atoms with E-state index in [-0.39, 0.29) is 5.91 Å². The van der Waals surface area contributed by atoms with Crippen molar-refractivity contribution in [3.05, 3.63) is 42.5 Å². The number of oxime groups is 1. The Balaban J connectivity index is 2.05. The van der Waals surface area contributed by atoms with Gasteiger partial charge in [0.15, 0.2) is 0 Å². The maximum absolute atomic E-state index is 11.7. The van der Waals surface area contributed by atoms with Gasteiger partial charge in [-0.1, -0.05) is 23.4 Å². The van der Waals surface area contributed by atoms with Crippen LogP contribution in [0.1, 0.15) is 12.0 Å². The molecule has 0 aliphatic carbocycles. The van der Waals surface area contributed by atoms with Gasteiger partial charge in [0.25, 0.3) is 5.91 Å². The van der Waals surface area contributed by atoms with Crippen LogP contribution >= 0.6 is 0 Å². The highest BCUT2D eigenvalue weighted by atomic mass is 16.6. The van der Waals surface area contributed by atoms with Crippen LogP contribution in [0.4, 0.5) is 0 Å². The van der Waals surface area contributed by atoms with Gasteiger partial charge >= 0.3 is 0 Å². The van der Waals surface area contributed by atoms with Crippen molar-refractivity contribution in [2.75, 3.05) is 13.7 Å². The number of carbonyl (C=O) groups is 1. The van der Waals surface area contributed by atoms with E-state index in [4.69, 9.17) is 9.57 Å². The third-order valence-electron chi connectivity index (χ3n) is 2.80. The zero-order valence-electron chi connectivity index (χ0n) is 10.8. The minimum Gasteiger partial charge on any atom is -0.496 e. The minimum atomic E-state index is -0.583. The molecule has 0 aromatic heterocycles. The lowest BCUT2D eigenvalue weighted by molar-refractivity contribution is -0.130. The smallest absolute Gasteiger partial charge is 0.264 e. The summed E-state index contributed by atoms with van der Waals surface area (Å²) < 4.78 is 5.27.